The summed E-state index contributed by atoms with van der Waals surface area (Å²) in [6, 6.07) is 0. The first-order valence-electron chi connectivity index (χ1n) is 6.61. The summed E-state index contributed by atoms with van der Waals surface area (Å²) < 4.78 is 0. The largest absolute Gasteiger partial charge is 0.103 e. The molecule has 0 saturated carbocycles. The van der Waals surface area contributed by atoms with Gasteiger partial charge in [-0.2, -0.15) is 0 Å². The lowest BCUT2D eigenvalue weighted by Crippen LogP contribution is -1.91. The van der Waals surface area contributed by atoms with Gasteiger partial charge in [0.1, 0.15) is 0 Å². The fraction of sp³-hybridized carbons (Fsp3) is 0.625. The molecule has 0 N–H and O–H groups in total. The second kappa shape index (κ2) is 9.45. The minimum Gasteiger partial charge on any atom is -0.103 e. The van der Waals surface area contributed by atoms with E-state index in [2.05, 4.69) is 40.3 Å². The number of rotatable bonds is 8. The molecule has 0 bridgehead atoms. The first-order valence-corrected chi connectivity index (χ1v) is 6.61. The Balaban J connectivity index is 4.33. The Morgan fingerprint density at radius 2 is 1.81 bits per heavy atom. The third kappa shape index (κ3) is 5.95. The van der Waals surface area contributed by atoms with Crippen molar-refractivity contribution in [2.75, 3.05) is 0 Å². The molecule has 0 rings (SSSR count). The zero-order chi connectivity index (χ0) is 12.4. The third-order valence-electron chi connectivity index (χ3n) is 3.22. The van der Waals surface area contributed by atoms with Gasteiger partial charge >= 0.3 is 0 Å². The van der Waals surface area contributed by atoms with E-state index in [4.69, 9.17) is 0 Å². The van der Waals surface area contributed by atoms with Gasteiger partial charge in [0.15, 0.2) is 0 Å². The van der Waals surface area contributed by atoms with Crippen LogP contribution in [0.5, 0.6) is 0 Å². The summed E-state index contributed by atoms with van der Waals surface area (Å²) >= 11 is 0. The Morgan fingerprint density at radius 3 is 2.25 bits per heavy atom. The fourth-order valence-electron chi connectivity index (χ4n) is 2.10. The van der Waals surface area contributed by atoms with Crippen LogP contribution in [0, 0.1) is 0 Å². The van der Waals surface area contributed by atoms with Crippen LogP contribution in [-0.2, 0) is 0 Å². The van der Waals surface area contributed by atoms with Crippen molar-refractivity contribution in [3.05, 3.63) is 35.5 Å². The van der Waals surface area contributed by atoms with Gasteiger partial charge in [-0.15, -0.1) is 6.58 Å². The van der Waals surface area contributed by atoms with E-state index in [0.717, 1.165) is 6.42 Å². The van der Waals surface area contributed by atoms with Gasteiger partial charge in [0.25, 0.3) is 0 Å². The van der Waals surface area contributed by atoms with Crippen LogP contribution in [0.2, 0.25) is 0 Å². The lowest BCUT2D eigenvalue weighted by Gasteiger charge is -2.11. The summed E-state index contributed by atoms with van der Waals surface area (Å²) in [6.07, 6.45) is 11.4. The standard InChI is InChI=1S/C16H28/c1-6-10-14(5)16(9-4)13-12-15(8-3)11-7-2/h7-8H,2,6,9-13H2,1,3-5H3/b15-8-,16-14-. The van der Waals surface area contributed by atoms with Crippen LogP contribution >= 0.6 is 0 Å². The molecule has 0 heterocycles. The molecule has 0 saturated heterocycles. The zero-order valence-corrected chi connectivity index (χ0v) is 11.6. The molecule has 0 atom stereocenters. The zero-order valence-electron chi connectivity index (χ0n) is 11.6. The Kier molecular flexibility index (Phi) is 8.99. The second-order valence-electron chi connectivity index (χ2n) is 4.43. The van der Waals surface area contributed by atoms with E-state index in [-0.39, 0.29) is 0 Å². The summed E-state index contributed by atoms with van der Waals surface area (Å²) in [7, 11) is 0. The maximum absolute atomic E-state index is 3.81. The molecular weight excluding hydrogens is 192 g/mol. The monoisotopic (exact) mass is 220 g/mol. The van der Waals surface area contributed by atoms with Crippen molar-refractivity contribution in [1.82, 2.24) is 0 Å². The average Bonchev–Trinajstić information content (AvgIpc) is 2.28. The van der Waals surface area contributed by atoms with E-state index in [1.165, 1.54) is 37.7 Å². The molecule has 0 unspecified atom stereocenters. The molecular formula is C16H28. The topological polar surface area (TPSA) is 0 Å². The Morgan fingerprint density at radius 1 is 1.12 bits per heavy atom. The van der Waals surface area contributed by atoms with E-state index >= 15 is 0 Å². The van der Waals surface area contributed by atoms with Crippen LogP contribution in [0.25, 0.3) is 0 Å². The minimum atomic E-state index is 1.04. The molecule has 16 heavy (non-hydrogen) atoms. The van der Waals surface area contributed by atoms with Crippen LogP contribution < -0.4 is 0 Å². The molecule has 0 aliphatic carbocycles. The quantitative estimate of drug-likeness (QED) is 0.452. The van der Waals surface area contributed by atoms with Crippen LogP contribution in [-0.4, -0.2) is 0 Å². The molecule has 0 aromatic carbocycles. The molecule has 0 fully saturated rings. The van der Waals surface area contributed by atoms with Gasteiger partial charge in [-0.1, -0.05) is 49.1 Å². The molecule has 0 nitrogen and oxygen atoms in total. The van der Waals surface area contributed by atoms with E-state index < -0.39 is 0 Å². The Bertz CT molecular complexity index is 253. The Labute approximate surface area is 102 Å². The maximum Gasteiger partial charge on any atom is -0.0142 e. The lowest BCUT2D eigenvalue weighted by molar-refractivity contribution is 0.803. The van der Waals surface area contributed by atoms with Gasteiger partial charge in [0.2, 0.25) is 0 Å². The summed E-state index contributed by atoms with van der Waals surface area (Å²) in [5.74, 6) is 0. The average molecular weight is 220 g/mol. The van der Waals surface area contributed by atoms with Gasteiger partial charge in [-0.25, -0.2) is 0 Å². The van der Waals surface area contributed by atoms with Crippen molar-refractivity contribution >= 4 is 0 Å². The molecule has 0 heteroatoms. The Hall–Kier alpha value is -0.780. The third-order valence-corrected chi connectivity index (χ3v) is 3.22. The highest BCUT2D eigenvalue weighted by molar-refractivity contribution is 5.15. The highest BCUT2D eigenvalue weighted by Crippen LogP contribution is 2.22. The molecule has 0 aliphatic heterocycles. The summed E-state index contributed by atoms with van der Waals surface area (Å²) in [4.78, 5) is 0. The summed E-state index contributed by atoms with van der Waals surface area (Å²) in [6.45, 7) is 12.8. The van der Waals surface area contributed by atoms with Crippen molar-refractivity contribution in [2.45, 2.75) is 66.2 Å². The van der Waals surface area contributed by atoms with Crippen molar-refractivity contribution in [3.8, 4) is 0 Å². The predicted octanol–water partition coefficient (Wildman–Crippen LogP) is 5.82. The number of hydrogen-bond donors (Lipinski definition) is 0. The van der Waals surface area contributed by atoms with Crippen molar-refractivity contribution in [2.24, 2.45) is 0 Å². The van der Waals surface area contributed by atoms with Crippen LogP contribution in [0.15, 0.2) is 35.5 Å². The molecule has 0 aromatic heterocycles. The van der Waals surface area contributed by atoms with E-state index in [9.17, 15) is 0 Å². The van der Waals surface area contributed by atoms with Gasteiger partial charge in [-0.05, 0) is 46.0 Å². The van der Waals surface area contributed by atoms with Gasteiger partial charge < -0.3 is 0 Å². The van der Waals surface area contributed by atoms with E-state index in [1.54, 1.807) is 11.1 Å². The van der Waals surface area contributed by atoms with E-state index in [1.807, 2.05) is 6.08 Å². The smallest absolute Gasteiger partial charge is 0.0142 e. The predicted molar refractivity (Wildman–Crippen MR) is 75.7 cm³/mol. The molecule has 0 radical (unpaired) electrons. The van der Waals surface area contributed by atoms with Crippen LogP contribution in [0.4, 0.5) is 0 Å². The van der Waals surface area contributed by atoms with Crippen molar-refractivity contribution < 1.29 is 0 Å². The fourth-order valence-corrected chi connectivity index (χ4v) is 2.10. The highest BCUT2D eigenvalue weighted by atomic mass is 14.1. The molecule has 0 aliphatic rings. The SMILES string of the molecule is C=CC/C(=C/C)CC/C(CC)=C(/C)CCC. The summed E-state index contributed by atoms with van der Waals surface area (Å²) in [5.41, 5.74) is 4.79. The van der Waals surface area contributed by atoms with Crippen molar-refractivity contribution in [3.63, 3.8) is 0 Å². The minimum absolute atomic E-state index is 1.04. The van der Waals surface area contributed by atoms with Crippen LogP contribution in [0.1, 0.15) is 66.2 Å². The van der Waals surface area contributed by atoms with Gasteiger partial charge in [-0.3, -0.25) is 0 Å². The number of allylic oxidation sites excluding steroid dienone is 5. The lowest BCUT2D eigenvalue weighted by atomic mass is 9.95. The van der Waals surface area contributed by atoms with Gasteiger partial charge in [0.05, 0.1) is 0 Å². The molecule has 0 amide bonds. The van der Waals surface area contributed by atoms with E-state index in [0.29, 0.717) is 0 Å². The van der Waals surface area contributed by atoms with Crippen LogP contribution in [0.3, 0.4) is 0 Å². The molecule has 0 spiro atoms. The normalized spacial score (nSPS) is 13.6. The first-order chi connectivity index (χ1) is 7.69. The number of hydrogen-bond acceptors (Lipinski definition) is 0. The maximum atomic E-state index is 3.81. The molecule has 0 aromatic rings. The molecule has 92 valence electrons. The first kappa shape index (κ1) is 15.2. The summed E-state index contributed by atoms with van der Waals surface area (Å²) in [5, 5.41) is 0. The highest BCUT2D eigenvalue weighted by Gasteiger charge is 2.02. The second-order valence-corrected chi connectivity index (χ2v) is 4.43. The van der Waals surface area contributed by atoms with Gasteiger partial charge in [0, 0.05) is 0 Å². The van der Waals surface area contributed by atoms with Crippen molar-refractivity contribution in [1.29, 1.82) is 0 Å².